The van der Waals surface area contributed by atoms with Crippen LogP contribution in [-0.4, -0.2) is 19.9 Å². The lowest BCUT2D eigenvalue weighted by Gasteiger charge is -2.42. The van der Waals surface area contributed by atoms with Crippen LogP contribution in [0.1, 0.15) is 48.0 Å². The Hall–Kier alpha value is -0.0151. The highest BCUT2D eigenvalue weighted by atomic mass is 16.6. The molecule has 0 saturated carbocycles. The Morgan fingerprint density at radius 3 is 1.50 bits per heavy atom. The van der Waals surface area contributed by atoms with Crippen molar-refractivity contribution in [1.29, 1.82) is 0 Å². The quantitative estimate of drug-likeness (QED) is 0.557. The van der Waals surface area contributed by atoms with Crippen molar-refractivity contribution in [2.24, 2.45) is 10.8 Å². The predicted molar refractivity (Wildman–Crippen MR) is 60.4 cm³/mol. The molecule has 0 aromatic carbocycles. The molecule has 2 nitrogen and oxygen atoms in total. The molecule has 0 spiro atoms. The van der Waals surface area contributed by atoms with E-state index in [1.165, 1.54) is 0 Å². The maximum atomic E-state index is 5.65. The molecule has 0 aromatic heterocycles. The van der Waals surface area contributed by atoms with Crippen LogP contribution in [0.2, 0.25) is 0 Å². The van der Waals surface area contributed by atoms with Crippen LogP contribution < -0.4 is 0 Å². The van der Waals surface area contributed by atoms with Crippen LogP contribution in [0.5, 0.6) is 0 Å². The van der Waals surface area contributed by atoms with E-state index in [0.29, 0.717) is 19.9 Å². The molecule has 1 fully saturated rings. The van der Waals surface area contributed by atoms with Gasteiger partial charge in [0.15, 0.2) is 0 Å². The van der Waals surface area contributed by atoms with Crippen molar-refractivity contribution in [2.75, 3.05) is 0 Å². The smallest absolute Gasteiger partial charge is 0.411 e. The molecule has 0 aliphatic carbocycles. The van der Waals surface area contributed by atoms with E-state index in [1.54, 1.807) is 0 Å². The Kier molecular flexibility index (Phi) is 3.32. The van der Waals surface area contributed by atoms with Gasteiger partial charge in [0, 0.05) is 12.2 Å². The molecule has 0 bridgehead atoms. The molecule has 14 heavy (non-hydrogen) atoms. The normalized spacial score (nSPS) is 29.9. The summed E-state index contributed by atoms with van der Waals surface area (Å²) in [6.07, 6.45) is 1.65. The molecule has 0 N–H and O–H groups in total. The largest absolute Gasteiger partial charge is 0.438 e. The number of hydrogen-bond acceptors (Lipinski definition) is 2. The highest BCUT2D eigenvalue weighted by Crippen LogP contribution is 2.35. The van der Waals surface area contributed by atoms with Gasteiger partial charge < -0.3 is 9.31 Å². The van der Waals surface area contributed by atoms with E-state index in [4.69, 9.17) is 9.31 Å². The first-order chi connectivity index (χ1) is 6.21. The monoisotopic (exact) mass is 198 g/mol. The molecule has 1 aliphatic heterocycles. The number of hydrogen-bond donors (Lipinski definition) is 0. The van der Waals surface area contributed by atoms with Crippen molar-refractivity contribution < 1.29 is 9.31 Å². The molecule has 3 heteroatoms. The van der Waals surface area contributed by atoms with Gasteiger partial charge >= 0.3 is 7.69 Å². The van der Waals surface area contributed by atoms with E-state index in [2.05, 4.69) is 41.5 Å². The summed E-state index contributed by atoms with van der Waals surface area (Å²) < 4.78 is 11.3. The average molecular weight is 198 g/mol. The lowest BCUT2D eigenvalue weighted by atomic mass is 9.77. The van der Waals surface area contributed by atoms with Crippen LogP contribution >= 0.6 is 0 Å². The zero-order valence-electron chi connectivity index (χ0n) is 10.4. The Balaban J connectivity index is 2.61. The molecule has 1 rings (SSSR count). The molecule has 0 amide bonds. The van der Waals surface area contributed by atoms with Gasteiger partial charge in [-0.25, -0.2) is 0 Å². The van der Waals surface area contributed by atoms with E-state index in [9.17, 15) is 0 Å². The second-order valence-electron chi connectivity index (χ2n) is 6.40. The molecule has 0 aromatic rings. The van der Waals surface area contributed by atoms with Gasteiger partial charge in [-0.15, -0.1) is 0 Å². The van der Waals surface area contributed by atoms with Crippen LogP contribution in [0.15, 0.2) is 0 Å². The highest BCUT2D eigenvalue weighted by molar-refractivity contribution is 6.18. The Bertz CT molecular complexity index is 170. The first kappa shape index (κ1) is 12.1. The average Bonchev–Trinajstić information content (AvgIpc) is 2.01. The third kappa shape index (κ3) is 2.99. The van der Waals surface area contributed by atoms with Crippen molar-refractivity contribution in [3.05, 3.63) is 0 Å². The van der Waals surface area contributed by atoms with Crippen LogP contribution in [0.3, 0.4) is 0 Å². The second-order valence-corrected chi connectivity index (χ2v) is 6.40. The Morgan fingerprint density at radius 2 is 1.21 bits per heavy atom. The van der Waals surface area contributed by atoms with Gasteiger partial charge in [-0.1, -0.05) is 41.5 Å². The summed E-state index contributed by atoms with van der Waals surface area (Å²) in [4.78, 5) is 0. The third-order valence-corrected chi connectivity index (χ3v) is 2.90. The molecule has 1 heterocycles. The fourth-order valence-electron chi connectivity index (χ4n) is 1.74. The topological polar surface area (TPSA) is 18.5 Å². The van der Waals surface area contributed by atoms with Crippen LogP contribution in [0, 0.1) is 10.8 Å². The van der Waals surface area contributed by atoms with E-state index < -0.39 is 0 Å². The first-order valence-electron chi connectivity index (χ1n) is 5.44. The molecule has 2 unspecified atom stereocenters. The predicted octanol–water partition coefficient (Wildman–Crippen LogP) is 2.52. The van der Waals surface area contributed by atoms with Crippen molar-refractivity contribution in [3.63, 3.8) is 0 Å². The lowest BCUT2D eigenvalue weighted by Crippen LogP contribution is -2.45. The summed E-state index contributed by atoms with van der Waals surface area (Å²) in [6.45, 7) is 13.3. The van der Waals surface area contributed by atoms with Gasteiger partial charge in [-0.3, -0.25) is 0 Å². The molecular formula is C11H23BO2. The number of rotatable bonds is 0. The minimum atomic E-state index is 0.216. The van der Waals surface area contributed by atoms with Gasteiger partial charge in [0.2, 0.25) is 0 Å². The molecular weight excluding hydrogens is 175 g/mol. The summed E-state index contributed by atoms with van der Waals surface area (Å²) in [5.41, 5.74) is 0.431. The van der Waals surface area contributed by atoms with Gasteiger partial charge in [0.25, 0.3) is 0 Å². The Labute approximate surface area is 88.7 Å². The molecule has 2 atom stereocenters. The SMILES string of the molecule is CC(C)(C)C1CC(C(C)(C)C)OBO1. The minimum Gasteiger partial charge on any atom is -0.411 e. The van der Waals surface area contributed by atoms with E-state index >= 15 is 0 Å². The maximum absolute atomic E-state index is 5.65. The van der Waals surface area contributed by atoms with E-state index in [-0.39, 0.29) is 10.8 Å². The molecule has 82 valence electrons. The fraction of sp³-hybridized carbons (Fsp3) is 1.00. The van der Waals surface area contributed by atoms with E-state index in [0.717, 1.165) is 6.42 Å². The van der Waals surface area contributed by atoms with E-state index in [1.807, 2.05) is 0 Å². The summed E-state index contributed by atoms with van der Waals surface area (Å²) in [7, 11) is 0.448. The van der Waals surface area contributed by atoms with Crippen LogP contribution in [0.4, 0.5) is 0 Å². The van der Waals surface area contributed by atoms with Gasteiger partial charge in [-0.05, 0) is 17.3 Å². The van der Waals surface area contributed by atoms with Crippen LogP contribution in [0.25, 0.3) is 0 Å². The van der Waals surface area contributed by atoms with Gasteiger partial charge in [-0.2, -0.15) is 0 Å². The van der Waals surface area contributed by atoms with Gasteiger partial charge in [0.05, 0.1) is 0 Å². The second kappa shape index (κ2) is 3.86. The molecule has 1 saturated heterocycles. The van der Waals surface area contributed by atoms with Crippen molar-refractivity contribution in [2.45, 2.75) is 60.2 Å². The first-order valence-corrected chi connectivity index (χ1v) is 5.44. The lowest BCUT2D eigenvalue weighted by molar-refractivity contribution is -0.0572. The summed E-state index contributed by atoms with van der Waals surface area (Å²) in [6, 6.07) is 0. The molecule has 0 radical (unpaired) electrons. The van der Waals surface area contributed by atoms with Crippen molar-refractivity contribution in [3.8, 4) is 0 Å². The minimum absolute atomic E-state index is 0.216. The third-order valence-electron chi connectivity index (χ3n) is 2.90. The Morgan fingerprint density at radius 1 is 0.857 bits per heavy atom. The standard InChI is InChI=1S/C11H23BO2/c1-10(2,3)8-7-9(11(4,5)6)14-12-13-8/h8-9,12H,7H2,1-6H3. The zero-order chi connectivity index (χ0) is 11.0. The summed E-state index contributed by atoms with van der Waals surface area (Å²) in [5, 5.41) is 0. The zero-order valence-corrected chi connectivity index (χ0v) is 10.4. The van der Waals surface area contributed by atoms with Crippen molar-refractivity contribution >= 4 is 7.69 Å². The van der Waals surface area contributed by atoms with Crippen LogP contribution in [-0.2, 0) is 9.31 Å². The maximum Gasteiger partial charge on any atom is 0.438 e. The summed E-state index contributed by atoms with van der Waals surface area (Å²) in [5.74, 6) is 0. The molecule has 1 aliphatic rings. The fourth-order valence-corrected chi connectivity index (χ4v) is 1.74. The summed E-state index contributed by atoms with van der Waals surface area (Å²) >= 11 is 0. The van der Waals surface area contributed by atoms with Crippen molar-refractivity contribution in [1.82, 2.24) is 0 Å². The highest BCUT2D eigenvalue weighted by Gasteiger charge is 2.37. The van der Waals surface area contributed by atoms with Gasteiger partial charge in [0.1, 0.15) is 0 Å².